The van der Waals surface area contributed by atoms with Crippen LogP contribution in [0.15, 0.2) is 91.0 Å². The Kier molecular flexibility index (Phi) is 8.64. The van der Waals surface area contributed by atoms with Gasteiger partial charge >= 0.3 is 0 Å². The predicted molar refractivity (Wildman–Crippen MR) is 115 cm³/mol. The maximum absolute atomic E-state index is 5.28. The van der Waals surface area contributed by atoms with Gasteiger partial charge in [-0.15, -0.1) is 0 Å². The van der Waals surface area contributed by atoms with Gasteiger partial charge in [0, 0.05) is 5.92 Å². The highest BCUT2D eigenvalue weighted by atomic mass is 17.2. The van der Waals surface area contributed by atoms with Crippen molar-refractivity contribution in [3.63, 3.8) is 0 Å². The molecule has 28 heavy (non-hydrogen) atoms. The van der Waals surface area contributed by atoms with E-state index in [-0.39, 0.29) is 0 Å². The quantitative estimate of drug-likeness (QED) is 0.190. The maximum Gasteiger partial charge on any atom is 0.165 e. The lowest BCUT2D eigenvalue weighted by Crippen LogP contribution is -2.01. The van der Waals surface area contributed by atoms with E-state index in [4.69, 9.17) is 9.78 Å². The van der Waals surface area contributed by atoms with Crippen molar-refractivity contribution in [2.24, 2.45) is 0 Å². The van der Waals surface area contributed by atoms with Gasteiger partial charge in [0.25, 0.3) is 0 Å². The van der Waals surface area contributed by atoms with E-state index in [9.17, 15) is 0 Å². The van der Waals surface area contributed by atoms with E-state index >= 15 is 0 Å². The van der Waals surface area contributed by atoms with Gasteiger partial charge in [-0.2, -0.15) is 4.89 Å². The van der Waals surface area contributed by atoms with Gasteiger partial charge in [0.2, 0.25) is 0 Å². The van der Waals surface area contributed by atoms with Crippen LogP contribution in [-0.2, 0) is 4.89 Å². The zero-order valence-electron chi connectivity index (χ0n) is 16.5. The highest BCUT2D eigenvalue weighted by Crippen LogP contribution is 2.29. The first-order valence-corrected chi connectivity index (χ1v) is 10.4. The highest BCUT2D eigenvalue weighted by molar-refractivity contribution is 5.32. The molecule has 0 N–H and O–H groups in total. The van der Waals surface area contributed by atoms with Gasteiger partial charge in [0.15, 0.2) is 5.75 Å². The fourth-order valence-electron chi connectivity index (χ4n) is 3.52. The normalized spacial score (nSPS) is 10.9. The summed E-state index contributed by atoms with van der Waals surface area (Å²) in [7, 11) is 0. The largest absolute Gasteiger partial charge is 0.338 e. The minimum absolute atomic E-state index is 0.491. The van der Waals surface area contributed by atoms with E-state index in [1.54, 1.807) is 0 Å². The van der Waals surface area contributed by atoms with E-state index in [1.807, 2.05) is 30.3 Å². The Balaban J connectivity index is 1.32. The number of benzene rings is 3. The fourth-order valence-corrected chi connectivity index (χ4v) is 3.52. The molecule has 0 saturated carbocycles. The number of rotatable bonds is 12. The number of unbranched alkanes of at least 4 members (excludes halogenated alkanes) is 4. The van der Waals surface area contributed by atoms with Gasteiger partial charge in [-0.25, -0.2) is 0 Å². The van der Waals surface area contributed by atoms with Crippen molar-refractivity contribution in [1.29, 1.82) is 0 Å². The average molecular weight is 375 g/mol. The molecule has 0 bridgehead atoms. The van der Waals surface area contributed by atoms with Gasteiger partial charge < -0.3 is 4.89 Å². The third-order valence-corrected chi connectivity index (χ3v) is 5.02. The van der Waals surface area contributed by atoms with Gasteiger partial charge in [0.1, 0.15) is 0 Å². The lowest BCUT2D eigenvalue weighted by Gasteiger charge is -2.18. The molecule has 3 rings (SSSR count). The Morgan fingerprint density at radius 3 is 1.64 bits per heavy atom. The summed E-state index contributed by atoms with van der Waals surface area (Å²) in [6.07, 6.45) is 7.16. The summed E-state index contributed by atoms with van der Waals surface area (Å²) in [5.41, 5.74) is 2.83. The third kappa shape index (κ3) is 6.86. The second kappa shape index (κ2) is 12.0. The molecular weight excluding hydrogens is 344 g/mol. The summed E-state index contributed by atoms with van der Waals surface area (Å²) in [5.74, 6) is 1.25. The van der Waals surface area contributed by atoms with Gasteiger partial charge in [-0.3, -0.25) is 0 Å². The Morgan fingerprint density at radius 2 is 1.04 bits per heavy atom. The molecule has 0 aromatic heterocycles. The van der Waals surface area contributed by atoms with Crippen LogP contribution in [0, 0.1) is 0 Å². The molecule has 146 valence electrons. The van der Waals surface area contributed by atoms with E-state index in [0.29, 0.717) is 12.5 Å². The van der Waals surface area contributed by atoms with E-state index in [0.717, 1.165) is 12.2 Å². The van der Waals surface area contributed by atoms with Gasteiger partial charge in [0.05, 0.1) is 6.61 Å². The molecule has 0 spiro atoms. The van der Waals surface area contributed by atoms with Crippen LogP contribution >= 0.6 is 0 Å². The number of para-hydroxylation sites is 1. The van der Waals surface area contributed by atoms with Crippen molar-refractivity contribution >= 4 is 0 Å². The summed E-state index contributed by atoms with van der Waals surface area (Å²) in [6.45, 7) is 0.644. The molecule has 0 amide bonds. The monoisotopic (exact) mass is 374 g/mol. The first-order chi connectivity index (χ1) is 13.9. The molecular formula is C26H30O2. The molecule has 0 unspecified atom stereocenters. The van der Waals surface area contributed by atoms with Crippen LogP contribution in [0.3, 0.4) is 0 Å². The summed E-state index contributed by atoms with van der Waals surface area (Å²) >= 11 is 0. The molecule has 0 saturated heterocycles. The molecule has 2 nitrogen and oxygen atoms in total. The summed E-state index contributed by atoms with van der Waals surface area (Å²) in [5, 5.41) is 0. The second-order valence-corrected chi connectivity index (χ2v) is 7.15. The van der Waals surface area contributed by atoms with Gasteiger partial charge in [-0.1, -0.05) is 105 Å². The molecule has 0 fully saturated rings. The van der Waals surface area contributed by atoms with Crippen LogP contribution in [0.5, 0.6) is 5.75 Å². The van der Waals surface area contributed by atoms with E-state index in [2.05, 4.69) is 60.7 Å². The fraction of sp³-hybridized carbons (Fsp3) is 0.308. The van der Waals surface area contributed by atoms with E-state index in [1.165, 1.54) is 43.2 Å². The summed E-state index contributed by atoms with van der Waals surface area (Å²) in [6, 6.07) is 31.4. The average Bonchev–Trinajstić information content (AvgIpc) is 2.77. The zero-order chi connectivity index (χ0) is 19.3. The topological polar surface area (TPSA) is 18.5 Å². The van der Waals surface area contributed by atoms with Crippen LogP contribution in [0.1, 0.15) is 55.6 Å². The molecule has 3 aromatic rings. The highest BCUT2D eigenvalue weighted by Gasteiger charge is 2.13. The first-order valence-electron chi connectivity index (χ1n) is 10.4. The van der Waals surface area contributed by atoms with Crippen LogP contribution in [0.25, 0.3) is 0 Å². The summed E-state index contributed by atoms with van der Waals surface area (Å²) in [4.78, 5) is 10.5. The third-order valence-electron chi connectivity index (χ3n) is 5.02. The smallest absolute Gasteiger partial charge is 0.165 e. The Labute approximate surface area is 169 Å². The van der Waals surface area contributed by atoms with Crippen molar-refractivity contribution < 1.29 is 9.78 Å². The Hall–Kier alpha value is -2.58. The molecule has 3 aromatic carbocycles. The van der Waals surface area contributed by atoms with E-state index < -0.39 is 0 Å². The van der Waals surface area contributed by atoms with Crippen molar-refractivity contribution in [3.8, 4) is 5.75 Å². The molecule has 0 radical (unpaired) electrons. The van der Waals surface area contributed by atoms with Crippen molar-refractivity contribution in [2.45, 2.75) is 44.4 Å². The number of hydrogen-bond acceptors (Lipinski definition) is 2. The molecule has 0 aliphatic carbocycles. The van der Waals surface area contributed by atoms with Crippen LogP contribution in [-0.4, -0.2) is 6.61 Å². The molecule has 0 aliphatic rings. The van der Waals surface area contributed by atoms with Crippen molar-refractivity contribution in [3.05, 3.63) is 102 Å². The van der Waals surface area contributed by atoms with Crippen LogP contribution in [0.2, 0.25) is 0 Å². The second-order valence-electron chi connectivity index (χ2n) is 7.15. The zero-order valence-corrected chi connectivity index (χ0v) is 16.5. The van der Waals surface area contributed by atoms with Crippen LogP contribution < -0.4 is 4.89 Å². The summed E-state index contributed by atoms with van der Waals surface area (Å²) < 4.78 is 0. The molecule has 2 heteroatoms. The van der Waals surface area contributed by atoms with Gasteiger partial charge in [-0.05, 0) is 36.1 Å². The first kappa shape index (κ1) is 20.2. The lowest BCUT2D eigenvalue weighted by atomic mass is 9.87. The standard InChI is InChI=1S/C26H30O2/c1(3-14-22-27-28-25-19-11-6-12-20-25)2-13-21-26(23-15-7-4-8-16-23)24-17-9-5-10-18-24/h4-12,15-20,26H,1-3,13-14,21-22H2. The minimum atomic E-state index is 0.491. The van der Waals surface area contributed by atoms with Crippen molar-refractivity contribution in [1.82, 2.24) is 0 Å². The minimum Gasteiger partial charge on any atom is -0.338 e. The lowest BCUT2D eigenvalue weighted by molar-refractivity contribution is -0.207. The predicted octanol–water partition coefficient (Wildman–Crippen LogP) is 7.17. The maximum atomic E-state index is 5.28. The van der Waals surface area contributed by atoms with Crippen LogP contribution in [0.4, 0.5) is 0 Å². The molecule has 0 aliphatic heterocycles. The SMILES string of the molecule is c1ccc(OOCCCCCCCC(c2ccccc2)c2ccccc2)cc1. The molecule has 0 atom stereocenters. The molecule has 0 heterocycles. The van der Waals surface area contributed by atoms with Crippen molar-refractivity contribution in [2.75, 3.05) is 6.61 Å². The number of hydrogen-bond donors (Lipinski definition) is 0. The Bertz CT molecular complexity index is 717. The Morgan fingerprint density at radius 1 is 0.536 bits per heavy atom.